The normalized spacial score (nSPS) is 12.0. The van der Waals surface area contributed by atoms with Crippen molar-refractivity contribution in [3.63, 3.8) is 0 Å². The van der Waals surface area contributed by atoms with E-state index in [1.165, 1.54) is 13.2 Å². The van der Waals surface area contributed by atoms with Crippen LogP contribution in [0.4, 0.5) is 22.7 Å². The molecule has 0 aliphatic carbocycles. The lowest BCUT2D eigenvalue weighted by Crippen LogP contribution is -2.26. The lowest BCUT2D eigenvalue weighted by Gasteiger charge is -2.25. The van der Waals surface area contributed by atoms with E-state index < -0.39 is 5.91 Å². The topological polar surface area (TPSA) is 70.7 Å². The number of nitrogens with one attached hydrogen (secondary N) is 2. The van der Waals surface area contributed by atoms with Gasteiger partial charge >= 0.3 is 0 Å². The van der Waals surface area contributed by atoms with Gasteiger partial charge in [0.15, 0.2) is 0 Å². The molecule has 180 valence electrons. The van der Waals surface area contributed by atoms with Gasteiger partial charge in [-0.3, -0.25) is 14.5 Å². The molecule has 36 heavy (non-hydrogen) atoms. The highest BCUT2D eigenvalue weighted by Crippen LogP contribution is 2.39. The van der Waals surface area contributed by atoms with Gasteiger partial charge < -0.3 is 15.4 Å². The quantitative estimate of drug-likeness (QED) is 0.301. The number of anilines is 4. The zero-order valence-electron chi connectivity index (χ0n) is 19.2. The van der Waals surface area contributed by atoms with Crippen molar-refractivity contribution in [1.82, 2.24) is 0 Å². The minimum atomic E-state index is -0.443. The zero-order valence-corrected chi connectivity index (χ0v) is 20.7. The molecule has 0 aromatic heterocycles. The van der Waals surface area contributed by atoms with E-state index in [1.807, 2.05) is 48.5 Å². The van der Waals surface area contributed by atoms with Crippen LogP contribution in [0.5, 0.6) is 5.75 Å². The van der Waals surface area contributed by atoms with E-state index in [2.05, 4.69) is 10.6 Å². The van der Waals surface area contributed by atoms with Crippen LogP contribution in [0.1, 0.15) is 26.3 Å². The van der Waals surface area contributed by atoms with Crippen molar-refractivity contribution >= 4 is 57.8 Å². The maximum Gasteiger partial charge on any atom is 0.263 e. The number of fused-ring (bicyclic) bond motifs is 2. The Labute approximate surface area is 218 Å². The second-order valence-electron chi connectivity index (χ2n) is 8.13. The number of halogens is 2. The Kier molecular flexibility index (Phi) is 6.55. The smallest absolute Gasteiger partial charge is 0.263 e. The highest BCUT2D eigenvalue weighted by atomic mass is 35.5. The van der Waals surface area contributed by atoms with E-state index in [-0.39, 0.29) is 16.5 Å². The Hall–Kier alpha value is -4.00. The summed E-state index contributed by atoms with van der Waals surface area (Å²) in [5.41, 5.74) is 4.43. The SMILES string of the molecule is COc1cc(C(=O)N2c3ccccc3CNc3ccccc32)ccc1NC(=O)c1cc(Cl)ccc1Cl. The Morgan fingerprint density at radius 2 is 1.67 bits per heavy atom. The van der Waals surface area contributed by atoms with Gasteiger partial charge in [0.1, 0.15) is 5.75 Å². The van der Waals surface area contributed by atoms with Crippen LogP contribution in [0, 0.1) is 0 Å². The number of carbonyl (C=O) groups excluding carboxylic acids is 2. The van der Waals surface area contributed by atoms with Crippen molar-refractivity contribution in [3.8, 4) is 5.75 Å². The summed E-state index contributed by atoms with van der Waals surface area (Å²) in [7, 11) is 1.48. The van der Waals surface area contributed by atoms with Crippen molar-refractivity contribution in [3.05, 3.63) is 112 Å². The van der Waals surface area contributed by atoms with Gasteiger partial charge in [0, 0.05) is 17.1 Å². The Balaban J connectivity index is 1.51. The summed E-state index contributed by atoms with van der Waals surface area (Å²) in [6.07, 6.45) is 0. The van der Waals surface area contributed by atoms with Gasteiger partial charge in [0.2, 0.25) is 0 Å². The standard InChI is InChI=1S/C28H21Cl2N3O3/c1-36-26-14-17(10-13-23(26)32-27(34)20-15-19(29)11-12-21(20)30)28(35)33-24-8-4-2-6-18(24)16-31-22-7-3-5-9-25(22)33/h2-15,31H,16H2,1H3,(H,32,34). The molecule has 1 heterocycles. The number of methoxy groups -OCH3 is 1. The van der Waals surface area contributed by atoms with Gasteiger partial charge in [-0.05, 0) is 60.2 Å². The Bertz CT molecular complexity index is 1440. The largest absolute Gasteiger partial charge is 0.495 e. The molecule has 2 amide bonds. The minimum Gasteiger partial charge on any atom is -0.495 e. The van der Waals surface area contributed by atoms with E-state index in [9.17, 15) is 9.59 Å². The molecule has 0 atom stereocenters. The summed E-state index contributed by atoms with van der Waals surface area (Å²) < 4.78 is 5.52. The van der Waals surface area contributed by atoms with Crippen LogP contribution in [0.2, 0.25) is 10.0 Å². The van der Waals surface area contributed by atoms with Crippen molar-refractivity contribution in [2.75, 3.05) is 22.6 Å². The average Bonchev–Trinajstić information content (AvgIpc) is 3.06. The predicted molar refractivity (Wildman–Crippen MR) is 144 cm³/mol. The van der Waals surface area contributed by atoms with Gasteiger partial charge in [0.05, 0.1) is 40.4 Å². The number of ether oxygens (including phenoxy) is 1. The van der Waals surface area contributed by atoms with Crippen molar-refractivity contribution in [2.24, 2.45) is 0 Å². The molecule has 1 aliphatic rings. The van der Waals surface area contributed by atoms with Crippen LogP contribution in [0.3, 0.4) is 0 Å². The first-order valence-corrected chi connectivity index (χ1v) is 11.9. The number of rotatable bonds is 4. The number of amides is 2. The number of para-hydroxylation sites is 3. The molecule has 4 aromatic rings. The van der Waals surface area contributed by atoms with Crippen LogP contribution >= 0.6 is 23.2 Å². The van der Waals surface area contributed by atoms with Crippen LogP contribution in [-0.4, -0.2) is 18.9 Å². The van der Waals surface area contributed by atoms with Gasteiger partial charge in [-0.15, -0.1) is 0 Å². The van der Waals surface area contributed by atoms with E-state index >= 15 is 0 Å². The lowest BCUT2D eigenvalue weighted by atomic mass is 10.1. The van der Waals surface area contributed by atoms with Gasteiger partial charge in [-0.25, -0.2) is 0 Å². The maximum absolute atomic E-state index is 13.9. The third-order valence-electron chi connectivity index (χ3n) is 5.92. The molecule has 6 nitrogen and oxygen atoms in total. The van der Waals surface area contributed by atoms with Gasteiger partial charge in [-0.2, -0.15) is 0 Å². The molecule has 4 aromatic carbocycles. The average molecular weight is 518 g/mol. The van der Waals surface area contributed by atoms with Crippen LogP contribution < -0.4 is 20.3 Å². The second kappa shape index (κ2) is 9.93. The molecule has 8 heteroatoms. The van der Waals surface area contributed by atoms with Crippen molar-refractivity contribution < 1.29 is 14.3 Å². The third-order valence-corrected chi connectivity index (χ3v) is 6.48. The van der Waals surface area contributed by atoms with Crippen LogP contribution in [-0.2, 0) is 6.54 Å². The summed E-state index contributed by atoms with van der Waals surface area (Å²) in [6, 6.07) is 25.0. The summed E-state index contributed by atoms with van der Waals surface area (Å²) in [5, 5.41) is 6.87. The highest BCUT2D eigenvalue weighted by molar-refractivity contribution is 6.36. The molecular formula is C28H21Cl2N3O3. The number of hydrogen-bond acceptors (Lipinski definition) is 4. The number of benzene rings is 4. The summed E-state index contributed by atoms with van der Waals surface area (Å²) >= 11 is 12.2. The summed E-state index contributed by atoms with van der Waals surface area (Å²) in [6.45, 7) is 0.595. The van der Waals surface area contributed by atoms with Crippen LogP contribution in [0.25, 0.3) is 0 Å². The number of hydrogen-bond donors (Lipinski definition) is 2. The fourth-order valence-electron chi connectivity index (χ4n) is 4.15. The van der Waals surface area contributed by atoms with E-state index in [0.717, 1.165) is 22.6 Å². The fraction of sp³-hybridized carbons (Fsp3) is 0.0714. The molecule has 0 unspecified atom stereocenters. The molecular weight excluding hydrogens is 497 g/mol. The zero-order chi connectivity index (χ0) is 25.2. The van der Waals surface area contributed by atoms with Crippen molar-refractivity contribution in [2.45, 2.75) is 6.54 Å². The highest BCUT2D eigenvalue weighted by Gasteiger charge is 2.27. The Morgan fingerprint density at radius 3 is 2.47 bits per heavy atom. The number of nitrogens with zero attached hydrogens (tertiary/aromatic N) is 1. The lowest BCUT2D eigenvalue weighted by molar-refractivity contribution is 0.0997. The minimum absolute atomic E-state index is 0.229. The first-order valence-electron chi connectivity index (χ1n) is 11.2. The monoisotopic (exact) mass is 517 g/mol. The van der Waals surface area contributed by atoms with E-state index in [0.29, 0.717) is 28.6 Å². The maximum atomic E-state index is 13.9. The summed E-state index contributed by atoms with van der Waals surface area (Å²) in [4.78, 5) is 28.4. The number of carbonyl (C=O) groups is 2. The molecule has 2 N–H and O–H groups in total. The molecule has 0 saturated heterocycles. The molecule has 5 rings (SSSR count). The molecule has 0 fully saturated rings. The van der Waals surface area contributed by atoms with Gasteiger partial charge in [0.25, 0.3) is 11.8 Å². The molecule has 0 saturated carbocycles. The van der Waals surface area contributed by atoms with Crippen LogP contribution in [0.15, 0.2) is 84.9 Å². The molecule has 0 radical (unpaired) electrons. The fourth-order valence-corrected chi connectivity index (χ4v) is 4.53. The molecule has 0 spiro atoms. The Morgan fingerprint density at radius 1 is 0.917 bits per heavy atom. The first-order chi connectivity index (χ1) is 17.5. The molecule has 0 bridgehead atoms. The van der Waals surface area contributed by atoms with E-state index in [4.69, 9.17) is 27.9 Å². The second-order valence-corrected chi connectivity index (χ2v) is 8.98. The molecule has 1 aliphatic heterocycles. The first kappa shape index (κ1) is 23.7. The predicted octanol–water partition coefficient (Wildman–Crippen LogP) is 7.16. The van der Waals surface area contributed by atoms with E-state index in [1.54, 1.807) is 35.2 Å². The third kappa shape index (κ3) is 4.49. The summed E-state index contributed by atoms with van der Waals surface area (Å²) in [5.74, 6) is -0.337. The van der Waals surface area contributed by atoms with Gasteiger partial charge in [-0.1, -0.05) is 53.5 Å². The van der Waals surface area contributed by atoms with Crippen molar-refractivity contribution in [1.29, 1.82) is 0 Å².